The van der Waals surface area contributed by atoms with Gasteiger partial charge in [-0.25, -0.2) is 0 Å². The molecule has 0 aromatic carbocycles. The van der Waals surface area contributed by atoms with Crippen LogP contribution >= 0.6 is 0 Å². The van der Waals surface area contributed by atoms with Crippen LogP contribution in [0.3, 0.4) is 0 Å². The van der Waals surface area contributed by atoms with Crippen molar-refractivity contribution in [2.24, 2.45) is 15.8 Å². The Hall–Kier alpha value is -1.16. The van der Waals surface area contributed by atoms with Crippen LogP contribution in [-0.4, -0.2) is 25.5 Å². The summed E-state index contributed by atoms with van der Waals surface area (Å²) in [6.07, 6.45) is 4.48. The zero-order valence-electron chi connectivity index (χ0n) is 8.54. The second kappa shape index (κ2) is 7.49. The first-order chi connectivity index (χ1) is 6.20. The normalized spacial score (nSPS) is 13.8. The van der Waals surface area contributed by atoms with Crippen LogP contribution < -0.4 is 11.2 Å². The predicted octanol–water partition coefficient (Wildman–Crippen LogP) is 0.905. The predicted molar refractivity (Wildman–Crippen MR) is 58.1 cm³/mol. The van der Waals surface area contributed by atoms with Crippen molar-refractivity contribution in [2.75, 3.05) is 13.6 Å². The summed E-state index contributed by atoms with van der Waals surface area (Å²) in [7, 11) is 1.76. The average Bonchev–Trinajstić information content (AvgIpc) is 2.12. The summed E-state index contributed by atoms with van der Waals surface area (Å²) < 4.78 is 0. The number of nitrogens with two attached hydrogens (primary N) is 1. The Morgan fingerprint density at radius 2 is 2.15 bits per heavy atom. The quantitative estimate of drug-likeness (QED) is 0.490. The lowest BCUT2D eigenvalue weighted by molar-refractivity contribution is 0.884. The molecule has 0 heterocycles. The maximum Gasteiger partial charge on any atom is 0.0331 e. The van der Waals surface area contributed by atoms with E-state index in [1.165, 1.54) is 0 Å². The molecule has 0 aliphatic heterocycles. The second-order valence-electron chi connectivity index (χ2n) is 2.69. The molecule has 0 amide bonds. The molecule has 0 aromatic heterocycles. The number of allylic oxidation sites excluding steroid dienone is 2. The third-order valence-corrected chi connectivity index (χ3v) is 1.41. The van der Waals surface area contributed by atoms with Gasteiger partial charge in [-0.1, -0.05) is 0 Å². The molecule has 0 rings (SSSR count). The fourth-order valence-corrected chi connectivity index (χ4v) is 0.697. The fourth-order valence-electron chi connectivity index (χ4n) is 0.697. The zero-order valence-corrected chi connectivity index (χ0v) is 8.54. The van der Waals surface area contributed by atoms with Crippen molar-refractivity contribution in [3.05, 3.63) is 11.8 Å². The standard InChI is InChI=1S/C9H18N4/c1-8(11-3)7-9(2)13-12-6-4-5-10/h6-7,13H,4-5,10H2,1-3H3/b9-7-,11-8-,12-6-. The number of hydrogen-bond donors (Lipinski definition) is 2. The molecule has 0 radical (unpaired) electrons. The molecule has 0 atom stereocenters. The molecule has 0 aliphatic rings. The number of aliphatic imine (C=N–C) groups is 1. The van der Waals surface area contributed by atoms with E-state index in [1.54, 1.807) is 13.3 Å². The van der Waals surface area contributed by atoms with Gasteiger partial charge in [0.2, 0.25) is 0 Å². The van der Waals surface area contributed by atoms with Crippen LogP contribution in [0.5, 0.6) is 0 Å². The van der Waals surface area contributed by atoms with Crippen molar-refractivity contribution in [1.29, 1.82) is 0 Å². The van der Waals surface area contributed by atoms with Gasteiger partial charge in [0.25, 0.3) is 0 Å². The summed E-state index contributed by atoms with van der Waals surface area (Å²) in [5.41, 5.74) is 10.1. The summed E-state index contributed by atoms with van der Waals surface area (Å²) in [4.78, 5) is 4.00. The van der Waals surface area contributed by atoms with Gasteiger partial charge >= 0.3 is 0 Å². The van der Waals surface area contributed by atoms with Crippen molar-refractivity contribution in [1.82, 2.24) is 5.43 Å². The molecule has 74 valence electrons. The molecule has 0 spiro atoms. The van der Waals surface area contributed by atoms with E-state index in [0.717, 1.165) is 17.8 Å². The Labute approximate surface area is 79.6 Å². The van der Waals surface area contributed by atoms with Gasteiger partial charge in [0, 0.05) is 24.7 Å². The lowest BCUT2D eigenvalue weighted by atomic mass is 10.3. The lowest BCUT2D eigenvalue weighted by Crippen LogP contribution is -2.05. The van der Waals surface area contributed by atoms with E-state index < -0.39 is 0 Å². The molecule has 0 aliphatic carbocycles. The van der Waals surface area contributed by atoms with E-state index in [0.29, 0.717) is 6.54 Å². The van der Waals surface area contributed by atoms with Crippen molar-refractivity contribution in [3.63, 3.8) is 0 Å². The molecule has 0 saturated heterocycles. The van der Waals surface area contributed by atoms with Gasteiger partial charge in [-0.15, -0.1) is 0 Å². The number of hydrazone groups is 1. The Morgan fingerprint density at radius 3 is 2.69 bits per heavy atom. The minimum atomic E-state index is 0.628. The van der Waals surface area contributed by atoms with E-state index in [4.69, 9.17) is 5.73 Å². The smallest absolute Gasteiger partial charge is 0.0331 e. The van der Waals surface area contributed by atoms with Crippen LogP contribution in [0.25, 0.3) is 0 Å². The third kappa shape index (κ3) is 7.21. The van der Waals surface area contributed by atoms with Crippen LogP contribution in [0, 0.1) is 0 Å². The average molecular weight is 182 g/mol. The molecule has 4 heteroatoms. The Morgan fingerprint density at radius 1 is 1.46 bits per heavy atom. The summed E-state index contributed by atoms with van der Waals surface area (Å²) in [5.74, 6) is 0. The minimum Gasteiger partial charge on any atom is -0.330 e. The topological polar surface area (TPSA) is 62.8 Å². The van der Waals surface area contributed by atoms with Gasteiger partial charge < -0.3 is 5.73 Å². The van der Waals surface area contributed by atoms with Crippen LogP contribution in [0.15, 0.2) is 21.9 Å². The Bertz CT molecular complexity index is 216. The summed E-state index contributed by atoms with van der Waals surface area (Å²) in [5, 5.41) is 3.97. The maximum absolute atomic E-state index is 5.29. The first kappa shape index (κ1) is 11.8. The van der Waals surface area contributed by atoms with Crippen molar-refractivity contribution < 1.29 is 0 Å². The number of nitrogens with zero attached hydrogens (tertiary/aromatic N) is 2. The van der Waals surface area contributed by atoms with E-state index in [9.17, 15) is 0 Å². The lowest BCUT2D eigenvalue weighted by Gasteiger charge is -1.98. The Kier molecular flexibility index (Phi) is 6.82. The molecule has 0 saturated carbocycles. The summed E-state index contributed by atoms with van der Waals surface area (Å²) in [6.45, 7) is 4.51. The third-order valence-electron chi connectivity index (χ3n) is 1.41. The van der Waals surface area contributed by atoms with E-state index >= 15 is 0 Å². The molecule has 13 heavy (non-hydrogen) atoms. The first-order valence-corrected chi connectivity index (χ1v) is 4.30. The molecule has 0 aromatic rings. The van der Waals surface area contributed by atoms with Gasteiger partial charge in [0.15, 0.2) is 0 Å². The zero-order chi connectivity index (χ0) is 10.1. The van der Waals surface area contributed by atoms with Gasteiger partial charge in [0.1, 0.15) is 0 Å². The molecular formula is C9H18N4. The largest absolute Gasteiger partial charge is 0.330 e. The molecular weight excluding hydrogens is 164 g/mol. The highest BCUT2D eigenvalue weighted by atomic mass is 15.3. The van der Waals surface area contributed by atoms with Gasteiger partial charge in [0.05, 0.1) is 0 Å². The maximum atomic E-state index is 5.29. The molecule has 3 N–H and O–H groups in total. The highest BCUT2D eigenvalue weighted by Gasteiger charge is 1.86. The monoisotopic (exact) mass is 182 g/mol. The van der Waals surface area contributed by atoms with Crippen LogP contribution in [0.4, 0.5) is 0 Å². The molecule has 0 unspecified atom stereocenters. The van der Waals surface area contributed by atoms with Gasteiger partial charge in [-0.05, 0) is 32.9 Å². The highest BCUT2D eigenvalue weighted by molar-refractivity contribution is 5.93. The van der Waals surface area contributed by atoms with E-state index in [2.05, 4.69) is 15.5 Å². The second-order valence-corrected chi connectivity index (χ2v) is 2.69. The van der Waals surface area contributed by atoms with Crippen molar-refractivity contribution in [3.8, 4) is 0 Å². The van der Waals surface area contributed by atoms with Crippen molar-refractivity contribution in [2.45, 2.75) is 20.3 Å². The highest BCUT2D eigenvalue weighted by Crippen LogP contribution is 1.88. The SMILES string of the molecule is C/N=C(C)\C=C(\C)N/N=C\CCN. The van der Waals surface area contributed by atoms with Crippen LogP contribution in [-0.2, 0) is 0 Å². The molecule has 0 bridgehead atoms. The number of hydrogen-bond acceptors (Lipinski definition) is 4. The molecule has 4 nitrogen and oxygen atoms in total. The minimum absolute atomic E-state index is 0.628. The van der Waals surface area contributed by atoms with Crippen molar-refractivity contribution >= 4 is 11.9 Å². The first-order valence-electron chi connectivity index (χ1n) is 4.30. The van der Waals surface area contributed by atoms with Gasteiger partial charge in [-0.2, -0.15) is 5.10 Å². The molecule has 0 fully saturated rings. The fraction of sp³-hybridized carbons (Fsp3) is 0.556. The summed E-state index contributed by atoms with van der Waals surface area (Å²) >= 11 is 0. The number of rotatable bonds is 5. The van der Waals surface area contributed by atoms with Gasteiger partial charge in [-0.3, -0.25) is 10.4 Å². The van der Waals surface area contributed by atoms with E-state index in [1.807, 2.05) is 19.9 Å². The van der Waals surface area contributed by atoms with Crippen LogP contribution in [0.2, 0.25) is 0 Å². The summed E-state index contributed by atoms with van der Waals surface area (Å²) in [6, 6.07) is 0. The van der Waals surface area contributed by atoms with Crippen LogP contribution in [0.1, 0.15) is 20.3 Å². The Balaban J connectivity index is 3.86. The number of nitrogens with one attached hydrogen (secondary N) is 1. The van der Waals surface area contributed by atoms with E-state index in [-0.39, 0.29) is 0 Å².